The van der Waals surface area contributed by atoms with Gasteiger partial charge < -0.3 is 0 Å². The van der Waals surface area contributed by atoms with Crippen molar-refractivity contribution >= 4 is 10.0 Å². The number of pyridine rings is 1. The predicted octanol–water partition coefficient (Wildman–Crippen LogP) is 1.99. The van der Waals surface area contributed by atoms with Crippen LogP contribution >= 0.6 is 0 Å². The van der Waals surface area contributed by atoms with E-state index in [4.69, 9.17) is 5.26 Å². The highest BCUT2D eigenvalue weighted by atomic mass is 32.2. The standard InChI is InChI=1S/C14H13N3O2S/c1-11(13-6-4-8-16-10-13)17-20(18,19)14-7-3-2-5-12(14)9-15/h2-8,10-11,17H,1H3. The summed E-state index contributed by atoms with van der Waals surface area (Å²) in [7, 11) is -3.75. The molecule has 0 saturated heterocycles. The third-order valence-electron chi connectivity index (χ3n) is 2.81. The molecule has 0 aliphatic carbocycles. The number of sulfonamides is 1. The molecule has 1 aromatic carbocycles. The van der Waals surface area contributed by atoms with Crippen LogP contribution in [0.4, 0.5) is 0 Å². The quantitative estimate of drug-likeness (QED) is 0.932. The second-order valence-corrected chi connectivity index (χ2v) is 5.92. The summed E-state index contributed by atoms with van der Waals surface area (Å²) in [6.45, 7) is 1.73. The lowest BCUT2D eigenvalue weighted by Gasteiger charge is -2.14. The highest BCUT2D eigenvalue weighted by Gasteiger charge is 2.21. The number of nitrogens with zero attached hydrogens (tertiary/aromatic N) is 2. The van der Waals surface area contributed by atoms with Crippen molar-refractivity contribution in [3.05, 3.63) is 59.9 Å². The van der Waals surface area contributed by atoms with Gasteiger partial charge in [0.25, 0.3) is 0 Å². The highest BCUT2D eigenvalue weighted by molar-refractivity contribution is 7.89. The van der Waals surface area contributed by atoms with Crippen LogP contribution in [-0.4, -0.2) is 13.4 Å². The van der Waals surface area contributed by atoms with E-state index < -0.39 is 16.1 Å². The van der Waals surface area contributed by atoms with Gasteiger partial charge in [-0.15, -0.1) is 0 Å². The van der Waals surface area contributed by atoms with Gasteiger partial charge in [-0.05, 0) is 30.7 Å². The molecule has 1 unspecified atom stereocenters. The zero-order valence-corrected chi connectivity index (χ0v) is 11.6. The lowest BCUT2D eigenvalue weighted by molar-refractivity contribution is 0.566. The Labute approximate surface area is 118 Å². The van der Waals surface area contributed by atoms with Gasteiger partial charge in [0.2, 0.25) is 10.0 Å². The Morgan fingerprint density at radius 2 is 2.00 bits per heavy atom. The first kappa shape index (κ1) is 14.2. The van der Waals surface area contributed by atoms with Gasteiger partial charge in [0.1, 0.15) is 6.07 Å². The van der Waals surface area contributed by atoms with Crippen LogP contribution in [0.1, 0.15) is 24.1 Å². The molecular formula is C14H13N3O2S. The summed E-state index contributed by atoms with van der Waals surface area (Å²) in [4.78, 5) is 3.94. The molecule has 6 heteroatoms. The molecule has 5 nitrogen and oxygen atoms in total. The molecule has 0 saturated carbocycles. The minimum atomic E-state index is -3.75. The second-order valence-electron chi connectivity index (χ2n) is 4.24. The Hall–Kier alpha value is -2.23. The molecule has 1 N–H and O–H groups in total. The van der Waals surface area contributed by atoms with Crippen molar-refractivity contribution in [3.63, 3.8) is 0 Å². The van der Waals surface area contributed by atoms with Gasteiger partial charge in [-0.25, -0.2) is 13.1 Å². The van der Waals surface area contributed by atoms with E-state index in [2.05, 4.69) is 9.71 Å². The van der Waals surface area contributed by atoms with Crippen molar-refractivity contribution in [3.8, 4) is 6.07 Å². The SMILES string of the molecule is CC(NS(=O)(=O)c1ccccc1C#N)c1cccnc1. The molecule has 0 amide bonds. The van der Waals surface area contributed by atoms with Crippen molar-refractivity contribution in [2.24, 2.45) is 0 Å². The Balaban J connectivity index is 2.31. The largest absolute Gasteiger partial charge is 0.264 e. The third kappa shape index (κ3) is 3.02. The van der Waals surface area contributed by atoms with E-state index >= 15 is 0 Å². The molecule has 0 aliphatic heterocycles. The maximum absolute atomic E-state index is 12.3. The zero-order valence-electron chi connectivity index (χ0n) is 10.8. The van der Waals surface area contributed by atoms with Crippen LogP contribution in [-0.2, 0) is 10.0 Å². The van der Waals surface area contributed by atoms with Crippen LogP contribution in [0.5, 0.6) is 0 Å². The summed E-state index contributed by atoms with van der Waals surface area (Å²) in [5.41, 5.74) is 0.879. The van der Waals surface area contributed by atoms with E-state index in [1.807, 2.05) is 6.07 Å². The summed E-state index contributed by atoms with van der Waals surface area (Å²) in [6, 6.07) is 11.1. The Morgan fingerprint density at radius 1 is 1.25 bits per heavy atom. The van der Waals surface area contributed by atoms with Gasteiger partial charge in [0.15, 0.2) is 0 Å². The van der Waals surface area contributed by atoms with E-state index in [0.717, 1.165) is 5.56 Å². The molecular weight excluding hydrogens is 274 g/mol. The minimum Gasteiger partial charge on any atom is -0.264 e. The number of benzene rings is 1. The Kier molecular flexibility index (Phi) is 4.13. The minimum absolute atomic E-state index is 0.0155. The zero-order chi connectivity index (χ0) is 14.6. The molecule has 0 bridgehead atoms. The average Bonchev–Trinajstić information content (AvgIpc) is 2.47. The Morgan fingerprint density at radius 3 is 2.65 bits per heavy atom. The number of aromatic nitrogens is 1. The van der Waals surface area contributed by atoms with E-state index in [0.29, 0.717) is 0 Å². The van der Waals surface area contributed by atoms with Gasteiger partial charge >= 0.3 is 0 Å². The lowest BCUT2D eigenvalue weighted by atomic mass is 10.2. The summed E-state index contributed by atoms with van der Waals surface area (Å²) in [5.74, 6) is 0. The first-order valence-electron chi connectivity index (χ1n) is 5.96. The van der Waals surface area contributed by atoms with Crippen LogP contribution in [0.2, 0.25) is 0 Å². The number of rotatable bonds is 4. The van der Waals surface area contributed by atoms with Crippen LogP contribution in [0.15, 0.2) is 53.7 Å². The van der Waals surface area contributed by atoms with Crippen molar-refractivity contribution in [2.45, 2.75) is 17.9 Å². The first-order chi connectivity index (χ1) is 9.54. The van der Waals surface area contributed by atoms with Gasteiger partial charge in [-0.2, -0.15) is 5.26 Å². The highest BCUT2D eigenvalue weighted by Crippen LogP contribution is 2.18. The normalized spacial score (nSPS) is 12.6. The van der Waals surface area contributed by atoms with E-state index in [1.165, 1.54) is 12.1 Å². The maximum Gasteiger partial charge on any atom is 0.242 e. The van der Waals surface area contributed by atoms with Crippen LogP contribution in [0.3, 0.4) is 0 Å². The lowest BCUT2D eigenvalue weighted by Crippen LogP contribution is -2.27. The van der Waals surface area contributed by atoms with Crippen molar-refractivity contribution in [1.29, 1.82) is 5.26 Å². The van der Waals surface area contributed by atoms with Gasteiger partial charge in [0, 0.05) is 18.4 Å². The topological polar surface area (TPSA) is 82.9 Å². The molecule has 0 radical (unpaired) electrons. The molecule has 1 aromatic heterocycles. The van der Waals surface area contributed by atoms with E-state index in [9.17, 15) is 8.42 Å². The summed E-state index contributed by atoms with van der Waals surface area (Å²) >= 11 is 0. The van der Waals surface area contributed by atoms with Gasteiger partial charge in [-0.1, -0.05) is 18.2 Å². The fraction of sp³-hybridized carbons (Fsp3) is 0.143. The number of hydrogen-bond acceptors (Lipinski definition) is 4. The second kappa shape index (κ2) is 5.82. The Bertz CT molecular complexity index is 737. The summed E-state index contributed by atoms with van der Waals surface area (Å²) in [6.07, 6.45) is 3.22. The molecule has 2 rings (SSSR count). The van der Waals surface area contributed by atoms with Gasteiger partial charge in [0.05, 0.1) is 10.5 Å². The molecule has 0 fully saturated rings. The molecule has 102 valence electrons. The van der Waals surface area contributed by atoms with Crippen molar-refractivity contribution < 1.29 is 8.42 Å². The van der Waals surface area contributed by atoms with Crippen molar-refractivity contribution in [2.75, 3.05) is 0 Å². The van der Waals surface area contributed by atoms with Crippen LogP contribution in [0, 0.1) is 11.3 Å². The summed E-state index contributed by atoms with van der Waals surface area (Å²) in [5, 5.41) is 8.98. The summed E-state index contributed by atoms with van der Waals surface area (Å²) < 4.78 is 27.2. The van der Waals surface area contributed by atoms with Crippen molar-refractivity contribution in [1.82, 2.24) is 9.71 Å². The van der Waals surface area contributed by atoms with E-state index in [-0.39, 0.29) is 10.5 Å². The molecule has 20 heavy (non-hydrogen) atoms. The predicted molar refractivity (Wildman–Crippen MR) is 74.1 cm³/mol. The van der Waals surface area contributed by atoms with Crippen LogP contribution < -0.4 is 4.72 Å². The smallest absolute Gasteiger partial charge is 0.242 e. The molecule has 2 aromatic rings. The third-order valence-corrected chi connectivity index (χ3v) is 4.41. The van der Waals surface area contributed by atoms with Crippen LogP contribution in [0.25, 0.3) is 0 Å². The fourth-order valence-corrected chi connectivity index (χ4v) is 3.18. The maximum atomic E-state index is 12.3. The fourth-order valence-electron chi connectivity index (χ4n) is 1.79. The monoisotopic (exact) mass is 287 g/mol. The number of nitrogens with one attached hydrogen (secondary N) is 1. The van der Waals surface area contributed by atoms with E-state index in [1.54, 1.807) is 43.6 Å². The molecule has 0 spiro atoms. The molecule has 0 aliphatic rings. The molecule has 1 heterocycles. The number of hydrogen-bond donors (Lipinski definition) is 1. The first-order valence-corrected chi connectivity index (χ1v) is 7.44. The average molecular weight is 287 g/mol. The van der Waals surface area contributed by atoms with Gasteiger partial charge in [-0.3, -0.25) is 4.98 Å². The number of nitriles is 1. The molecule has 1 atom stereocenters.